The van der Waals surface area contributed by atoms with E-state index in [1.54, 1.807) is 29.3 Å². The van der Waals surface area contributed by atoms with Gasteiger partial charge in [0.15, 0.2) is 0 Å². The Morgan fingerprint density at radius 1 is 0.811 bits per heavy atom. The Hall–Kier alpha value is -3.49. The normalized spacial score (nSPS) is 14.2. The van der Waals surface area contributed by atoms with Gasteiger partial charge in [0, 0.05) is 54.3 Å². The molecule has 0 radical (unpaired) electrons. The largest absolute Gasteiger partial charge is 0.416 e. The molecule has 1 fully saturated rings. The van der Waals surface area contributed by atoms with Crippen LogP contribution in [0, 0.1) is 0 Å². The van der Waals surface area contributed by atoms with E-state index >= 15 is 0 Å². The van der Waals surface area contributed by atoms with Crippen LogP contribution in [0.2, 0.25) is 10.0 Å². The maximum Gasteiger partial charge on any atom is 0.416 e. The molecule has 10 heteroatoms. The van der Waals surface area contributed by atoms with E-state index in [0.29, 0.717) is 53.3 Å². The second kappa shape index (κ2) is 10.1. The lowest BCUT2D eigenvalue weighted by atomic mass is 10.1. The van der Waals surface area contributed by atoms with Crippen LogP contribution in [-0.2, 0) is 6.18 Å². The van der Waals surface area contributed by atoms with Crippen molar-refractivity contribution in [1.82, 2.24) is 14.5 Å². The summed E-state index contributed by atoms with van der Waals surface area (Å²) in [5.41, 5.74) is 1.74. The second-order valence-electron chi connectivity index (χ2n) is 8.60. The van der Waals surface area contributed by atoms with Crippen LogP contribution in [0.5, 0.6) is 0 Å². The van der Waals surface area contributed by atoms with E-state index < -0.39 is 11.7 Å². The lowest BCUT2D eigenvalue weighted by Gasteiger charge is -2.36. The number of aromatic nitrogens is 2. The van der Waals surface area contributed by atoms with Gasteiger partial charge in [-0.25, -0.2) is 4.98 Å². The predicted molar refractivity (Wildman–Crippen MR) is 139 cm³/mol. The number of imidazole rings is 1. The molecular formula is C27H21Cl2F3N4O. The van der Waals surface area contributed by atoms with Gasteiger partial charge >= 0.3 is 6.18 Å². The number of carbonyl (C=O) groups is 1. The van der Waals surface area contributed by atoms with Gasteiger partial charge in [-0.2, -0.15) is 13.2 Å². The van der Waals surface area contributed by atoms with E-state index in [1.165, 1.54) is 12.1 Å². The summed E-state index contributed by atoms with van der Waals surface area (Å²) < 4.78 is 40.4. The van der Waals surface area contributed by atoms with Gasteiger partial charge in [-0.3, -0.25) is 9.36 Å². The third kappa shape index (κ3) is 5.31. The molecule has 4 aromatic rings. The van der Waals surface area contributed by atoms with Gasteiger partial charge in [-0.1, -0.05) is 35.3 Å². The Labute approximate surface area is 221 Å². The third-order valence-electron chi connectivity index (χ3n) is 6.27. The minimum atomic E-state index is -4.37. The first kappa shape index (κ1) is 25.2. The minimum Gasteiger partial charge on any atom is -0.368 e. The Bertz CT molecular complexity index is 1410. The molecule has 0 atom stereocenters. The van der Waals surface area contributed by atoms with Crippen molar-refractivity contribution in [3.05, 3.63) is 100 Å². The van der Waals surface area contributed by atoms with Gasteiger partial charge < -0.3 is 9.80 Å². The number of halogens is 5. The van der Waals surface area contributed by atoms with E-state index in [4.69, 9.17) is 23.2 Å². The van der Waals surface area contributed by atoms with Crippen LogP contribution < -0.4 is 4.90 Å². The van der Waals surface area contributed by atoms with Crippen molar-refractivity contribution in [2.45, 2.75) is 6.18 Å². The van der Waals surface area contributed by atoms with Gasteiger partial charge in [-0.15, -0.1) is 0 Å². The molecule has 0 bridgehead atoms. The average Bonchev–Trinajstić information content (AvgIpc) is 3.34. The molecule has 0 unspecified atom stereocenters. The molecule has 0 spiro atoms. The van der Waals surface area contributed by atoms with Crippen molar-refractivity contribution >= 4 is 34.8 Å². The molecule has 1 amide bonds. The first-order valence-corrected chi connectivity index (χ1v) is 12.3. The van der Waals surface area contributed by atoms with Crippen molar-refractivity contribution in [2.75, 3.05) is 31.1 Å². The molecule has 1 aliphatic heterocycles. The number of amides is 1. The van der Waals surface area contributed by atoms with E-state index in [0.717, 1.165) is 17.8 Å². The van der Waals surface area contributed by atoms with Crippen LogP contribution in [0.15, 0.2) is 79.0 Å². The van der Waals surface area contributed by atoms with Gasteiger partial charge in [0.1, 0.15) is 11.5 Å². The molecule has 0 N–H and O–H groups in total. The first-order valence-electron chi connectivity index (χ1n) is 11.5. The average molecular weight is 545 g/mol. The predicted octanol–water partition coefficient (Wildman–Crippen LogP) is 6.83. The topological polar surface area (TPSA) is 41.4 Å². The highest BCUT2D eigenvalue weighted by atomic mass is 35.5. The van der Waals surface area contributed by atoms with Gasteiger partial charge in [0.25, 0.3) is 5.91 Å². The van der Waals surface area contributed by atoms with Crippen molar-refractivity contribution < 1.29 is 18.0 Å². The lowest BCUT2D eigenvalue weighted by Crippen LogP contribution is -2.48. The summed E-state index contributed by atoms with van der Waals surface area (Å²) in [4.78, 5) is 21.7. The number of benzene rings is 3. The minimum absolute atomic E-state index is 0.229. The van der Waals surface area contributed by atoms with Crippen LogP contribution in [0.25, 0.3) is 17.1 Å². The van der Waals surface area contributed by atoms with Gasteiger partial charge in [0.2, 0.25) is 0 Å². The fraction of sp³-hybridized carbons (Fsp3) is 0.185. The van der Waals surface area contributed by atoms with E-state index in [-0.39, 0.29) is 11.6 Å². The van der Waals surface area contributed by atoms with E-state index in [1.807, 2.05) is 39.8 Å². The molecule has 0 saturated carbocycles. The summed E-state index contributed by atoms with van der Waals surface area (Å²) in [6.07, 6.45) is -2.69. The monoisotopic (exact) mass is 544 g/mol. The molecule has 1 saturated heterocycles. The van der Waals surface area contributed by atoms with Crippen molar-refractivity contribution in [3.63, 3.8) is 0 Å². The number of rotatable bonds is 4. The maximum atomic E-state index is 13.4. The summed E-state index contributed by atoms with van der Waals surface area (Å²) in [7, 11) is 0. The molecule has 1 aromatic heterocycles. The number of hydrogen-bond donors (Lipinski definition) is 0. The van der Waals surface area contributed by atoms with Crippen molar-refractivity contribution in [1.29, 1.82) is 0 Å². The van der Waals surface area contributed by atoms with Gasteiger partial charge in [-0.05, 0) is 60.7 Å². The number of hydrogen-bond acceptors (Lipinski definition) is 3. The van der Waals surface area contributed by atoms with Crippen LogP contribution in [0.3, 0.4) is 0 Å². The highest BCUT2D eigenvalue weighted by Crippen LogP contribution is 2.32. The van der Waals surface area contributed by atoms with Gasteiger partial charge in [0.05, 0.1) is 10.6 Å². The summed E-state index contributed by atoms with van der Waals surface area (Å²) in [5.74, 6) is 0.299. The van der Waals surface area contributed by atoms with E-state index in [9.17, 15) is 18.0 Å². The number of piperazine rings is 1. The van der Waals surface area contributed by atoms with Crippen LogP contribution in [-0.4, -0.2) is 46.5 Å². The molecule has 2 heterocycles. The van der Waals surface area contributed by atoms with Crippen molar-refractivity contribution in [2.24, 2.45) is 0 Å². The summed E-state index contributed by atoms with van der Waals surface area (Å²) in [5, 5.41) is 1.10. The Kier molecular flexibility index (Phi) is 6.88. The van der Waals surface area contributed by atoms with Crippen LogP contribution in [0.1, 0.15) is 16.1 Å². The van der Waals surface area contributed by atoms with Crippen LogP contribution in [0.4, 0.5) is 18.9 Å². The molecule has 1 aliphatic rings. The highest BCUT2D eigenvalue weighted by molar-refractivity contribution is 6.33. The Balaban J connectivity index is 1.37. The molecule has 5 rings (SSSR count). The standard InChI is InChI=1S/C27H21Cl2F3N4O/c28-19-7-11-21(12-8-19)36-17-24(33-25(36)22-3-1-2-4-23(22)29)26(37)35-15-13-34(14-16-35)20-9-5-18(6-10-20)27(30,31)32/h1-12,17H,13-16H2. The molecule has 37 heavy (non-hydrogen) atoms. The Morgan fingerprint density at radius 2 is 1.43 bits per heavy atom. The van der Waals surface area contributed by atoms with Crippen LogP contribution >= 0.6 is 23.2 Å². The number of alkyl halides is 3. The zero-order chi connectivity index (χ0) is 26.2. The highest BCUT2D eigenvalue weighted by Gasteiger charge is 2.31. The number of anilines is 1. The molecule has 190 valence electrons. The van der Waals surface area contributed by atoms with Crippen molar-refractivity contribution in [3.8, 4) is 17.1 Å². The summed E-state index contributed by atoms with van der Waals surface area (Å²) >= 11 is 12.5. The Morgan fingerprint density at radius 3 is 2.05 bits per heavy atom. The smallest absolute Gasteiger partial charge is 0.368 e. The molecule has 3 aromatic carbocycles. The second-order valence-corrected chi connectivity index (χ2v) is 9.44. The molecular weight excluding hydrogens is 524 g/mol. The van der Waals surface area contributed by atoms with E-state index in [2.05, 4.69) is 4.98 Å². The molecule has 5 nitrogen and oxygen atoms in total. The number of nitrogens with zero attached hydrogens (tertiary/aromatic N) is 4. The first-order chi connectivity index (χ1) is 17.7. The summed E-state index contributed by atoms with van der Waals surface area (Å²) in [6.45, 7) is 1.81. The fourth-order valence-corrected chi connectivity index (χ4v) is 4.65. The summed E-state index contributed by atoms with van der Waals surface area (Å²) in [6, 6.07) is 19.5. The molecule has 0 aliphatic carbocycles. The zero-order valence-corrected chi connectivity index (χ0v) is 20.9. The quantitative estimate of drug-likeness (QED) is 0.283. The lowest BCUT2D eigenvalue weighted by molar-refractivity contribution is -0.137. The SMILES string of the molecule is O=C(c1cn(-c2ccc(Cl)cc2)c(-c2ccccc2Cl)n1)N1CCN(c2ccc(C(F)(F)F)cc2)CC1. The fourth-order valence-electron chi connectivity index (χ4n) is 4.31. The third-order valence-corrected chi connectivity index (χ3v) is 6.85. The number of carbonyl (C=O) groups excluding carboxylic acids is 1. The maximum absolute atomic E-state index is 13.4. The zero-order valence-electron chi connectivity index (χ0n) is 19.4.